The number of nitrogen functional groups attached to an aromatic ring is 1. The number of hydrogen-bond donors (Lipinski definition) is 4. The quantitative estimate of drug-likeness (QED) is 0.378. The molecular weight excluding hydrogens is 274 g/mol. The van der Waals surface area contributed by atoms with Crippen LogP contribution in [0.5, 0.6) is 6.01 Å². The Labute approximate surface area is 124 Å². The predicted molar refractivity (Wildman–Crippen MR) is 79.8 cm³/mol. The lowest BCUT2D eigenvalue weighted by Gasteiger charge is -2.14. The number of rotatable bonds is 9. The van der Waals surface area contributed by atoms with E-state index in [1.165, 1.54) is 0 Å². The van der Waals surface area contributed by atoms with Crippen LogP contribution in [-0.4, -0.2) is 40.1 Å². The molecule has 0 aliphatic rings. The highest BCUT2D eigenvalue weighted by molar-refractivity contribution is 5.83. The van der Waals surface area contributed by atoms with Gasteiger partial charge >= 0.3 is 6.01 Å². The number of amides is 1. The molecule has 0 saturated carbocycles. The summed E-state index contributed by atoms with van der Waals surface area (Å²) in [5.41, 5.74) is 2.34. The van der Waals surface area contributed by atoms with Gasteiger partial charge in [-0.2, -0.15) is 15.0 Å². The minimum absolute atomic E-state index is 0.129. The molecule has 21 heavy (non-hydrogen) atoms. The lowest BCUT2D eigenvalue weighted by Crippen LogP contribution is -2.38. The largest absolute Gasteiger partial charge is 0.463 e. The van der Waals surface area contributed by atoms with E-state index in [2.05, 4.69) is 31.0 Å². The van der Waals surface area contributed by atoms with Crippen LogP contribution >= 0.6 is 0 Å². The van der Waals surface area contributed by atoms with Crippen molar-refractivity contribution in [2.45, 2.75) is 39.7 Å². The van der Waals surface area contributed by atoms with Crippen LogP contribution in [0.1, 0.15) is 33.6 Å². The van der Waals surface area contributed by atoms with Crippen molar-refractivity contribution in [2.75, 3.05) is 23.9 Å². The van der Waals surface area contributed by atoms with Gasteiger partial charge in [0, 0.05) is 6.54 Å². The molecule has 0 aromatic carbocycles. The Bertz CT molecular complexity index is 455. The summed E-state index contributed by atoms with van der Waals surface area (Å²) in [6, 6.07) is -0.327. The van der Waals surface area contributed by atoms with E-state index in [9.17, 15) is 4.79 Å². The molecule has 1 aromatic rings. The standard InChI is InChI=1S/C12H23N7O2/c1-4-6-14-9(20)8(3)15-10-16-11(19-13)18-12(17-10)21-7-5-2/h8H,4-7,13H2,1-3H3,(H,14,20)(H2,15,16,17,18,19). The van der Waals surface area contributed by atoms with Crippen LogP contribution in [0.3, 0.4) is 0 Å². The van der Waals surface area contributed by atoms with E-state index >= 15 is 0 Å². The molecule has 1 unspecified atom stereocenters. The van der Waals surface area contributed by atoms with Crippen molar-refractivity contribution in [3.05, 3.63) is 0 Å². The van der Waals surface area contributed by atoms with Crippen molar-refractivity contribution in [3.8, 4) is 6.01 Å². The summed E-state index contributed by atoms with van der Waals surface area (Å²) in [4.78, 5) is 23.9. The minimum atomic E-state index is -0.483. The summed E-state index contributed by atoms with van der Waals surface area (Å²) in [5, 5.41) is 5.68. The minimum Gasteiger partial charge on any atom is -0.463 e. The number of carbonyl (C=O) groups excluding carboxylic acids is 1. The Balaban J connectivity index is 2.74. The number of hydrazine groups is 1. The Kier molecular flexibility index (Phi) is 7.16. The highest BCUT2D eigenvalue weighted by Gasteiger charge is 2.15. The van der Waals surface area contributed by atoms with Gasteiger partial charge in [-0.15, -0.1) is 0 Å². The molecule has 0 saturated heterocycles. The molecule has 0 radical (unpaired) electrons. The third-order valence-electron chi connectivity index (χ3n) is 2.47. The van der Waals surface area contributed by atoms with Crippen molar-refractivity contribution >= 4 is 17.8 Å². The molecule has 9 heteroatoms. The van der Waals surface area contributed by atoms with Gasteiger partial charge in [-0.25, -0.2) is 5.84 Å². The Hall–Kier alpha value is -2.16. The second-order valence-corrected chi connectivity index (χ2v) is 4.42. The summed E-state index contributed by atoms with van der Waals surface area (Å²) in [6.45, 7) is 6.79. The SMILES string of the molecule is CCCNC(=O)C(C)Nc1nc(NN)nc(OCCC)n1. The second kappa shape index (κ2) is 8.90. The zero-order chi connectivity index (χ0) is 15.7. The lowest BCUT2D eigenvalue weighted by atomic mass is 10.3. The molecule has 1 heterocycles. The first-order chi connectivity index (χ1) is 10.1. The van der Waals surface area contributed by atoms with E-state index < -0.39 is 6.04 Å². The topological polar surface area (TPSA) is 127 Å². The lowest BCUT2D eigenvalue weighted by molar-refractivity contribution is -0.121. The first-order valence-electron chi connectivity index (χ1n) is 7.00. The van der Waals surface area contributed by atoms with Crippen molar-refractivity contribution < 1.29 is 9.53 Å². The smallest absolute Gasteiger partial charge is 0.323 e. The molecule has 0 bridgehead atoms. The van der Waals surface area contributed by atoms with Crippen LogP contribution in [0.4, 0.5) is 11.9 Å². The molecular formula is C12H23N7O2. The highest BCUT2D eigenvalue weighted by Crippen LogP contribution is 2.11. The summed E-state index contributed by atoms with van der Waals surface area (Å²) in [7, 11) is 0. The van der Waals surface area contributed by atoms with E-state index in [0.717, 1.165) is 12.8 Å². The van der Waals surface area contributed by atoms with Crippen molar-refractivity contribution in [1.29, 1.82) is 0 Å². The van der Waals surface area contributed by atoms with Crippen LogP contribution in [0, 0.1) is 0 Å². The number of hydrogen-bond acceptors (Lipinski definition) is 8. The van der Waals surface area contributed by atoms with Gasteiger partial charge in [0.05, 0.1) is 6.61 Å². The highest BCUT2D eigenvalue weighted by atomic mass is 16.5. The Morgan fingerprint density at radius 1 is 1.24 bits per heavy atom. The Morgan fingerprint density at radius 2 is 1.95 bits per heavy atom. The van der Waals surface area contributed by atoms with E-state index in [0.29, 0.717) is 13.2 Å². The molecule has 0 spiro atoms. The molecule has 1 atom stereocenters. The second-order valence-electron chi connectivity index (χ2n) is 4.42. The molecule has 0 aliphatic heterocycles. The number of ether oxygens (including phenoxy) is 1. The van der Waals surface area contributed by atoms with Gasteiger partial charge in [0.1, 0.15) is 6.04 Å². The van der Waals surface area contributed by atoms with E-state index in [1.807, 2.05) is 13.8 Å². The summed E-state index contributed by atoms with van der Waals surface area (Å²) in [5.74, 6) is 5.57. The van der Waals surface area contributed by atoms with Crippen LogP contribution < -0.4 is 26.6 Å². The van der Waals surface area contributed by atoms with Crippen LogP contribution in [0.25, 0.3) is 0 Å². The molecule has 0 fully saturated rings. The summed E-state index contributed by atoms with van der Waals surface area (Å²) in [6.07, 6.45) is 1.70. The van der Waals surface area contributed by atoms with E-state index in [1.54, 1.807) is 6.92 Å². The molecule has 1 aromatic heterocycles. The van der Waals surface area contributed by atoms with Gasteiger partial charge in [0.15, 0.2) is 0 Å². The average molecular weight is 297 g/mol. The zero-order valence-corrected chi connectivity index (χ0v) is 12.6. The van der Waals surface area contributed by atoms with Gasteiger partial charge in [-0.3, -0.25) is 10.2 Å². The average Bonchev–Trinajstić information content (AvgIpc) is 2.50. The summed E-state index contributed by atoms with van der Waals surface area (Å²) >= 11 is 0. The number of nitrogens with zero attached hydrogens (tertiary/aromatic N) is 3. The number of nitrogens with one attached hydrogen (secondary N) is 3. The maximum Gasteiger partial charge on any atom is 0.323 e. The maximum absolute atomic E-state index is 11.8. The van der Waals surface area contributed by atoms with Crippen molar-refractivity contribution in [1.82, 2.24) is 20.3 Å². The third-order valence-corrected chi connectivity index (χ3v) is 2.47. The van der Waals surface area contributed by atoms with Crippen LogP contribution in [-0.2, 0) is 4.79 Å². The molecule has 1 rings (SSSR count). The first-order valence-corrected chi connectivity index (χ1v) is 7.00. The maximum atomic E-state index is 11.8. The molecule has 0 aliphatic carbocycles. The zero-order valence-electron chi connectivity index (χ0n) is 12.6. The number of nitrogens with two attached hydrogens (primary N) is 1. The fourth-order valence-electron chi connectivity index (χ4n) is 1.40. The third kappa shape index (κ3) is 5.78. The summed E-state index contributed by atoms with van der Waals surface area (Å²) < 4.78 is 5.35. The molecule has 5 N–H and O–H groups in total. The van der Waals surface area contributed by atoms with Gasteiger partial charge in [0.25, 0.3) is 0 Å². The monoisotopic (exact) mass is 297 g/mol. The van der Waals surface area contributed by atoms with E-state index in [-0.39, 0.29) is 23.8 Å². The molecule has 118 valence electrons. The first kappa shape index (κ1) is 16.9. The van der Waals surface area contributed by atoms with Crippen LogP contribution in [0.2, 0.25) is 0 Å². The fraction of sp³-hybridized carbons (Fsp3) is 0.667. The number of anilines is 2. The van der Waals surface area contributed by atoms with Gasteiger partial charge in [-0.05, 0) is 19.8 Å². The molecule has 9 nitrogen and oxygen atoms in total. The molecule has 1 amide bonds. The van der Waals surface area contributed by atoms with Crippen molar-refractivity contribution in [3.63, 3.8) is 0 Å². The van der Waals surface area contributed by atoms with Crippen LogP contribution in [0.15, 0.2) is 0 Å². The predicted octanol–water partition coefficient (Wildman–Crippen LogP) is 0.273. The van der Waals surface area contributed by atoms with E-state index in [4.69, 9.17) is 10.6 Å². The fourth-order valence-corrected chi connectivity index (χ4v) is 1.40. The number of aromatic nitrogens is 3. The Morgan fingerprint density at radius 3 is 2.57 bits per heavy atom. The van der Waals surface area contributed by atoms with Crippen molar-refractivity contribution in [2.24, 2.45) is 5.84 Å². The van der Waals surface area contributed by atoms with Gasteiger partial charge in [0.2, 0.25) is 17.8 Å². The van der Waals surface area contributed by atoms with Gasteiger partial charge < -0.3 is 15.4 Å². The normalized spacial score (nSPS) is 11.6. The number of carbonyl (C=O) groups is 1. The van der Waals surface area contributed by atoms with Gasteiger partial charge in [-0.1, -0.05) is 13.8 Å².